The van der Waals surface area contributed by atoms with Crippen molar-refractivity contribution < 1.29 is 0 Å². The van der Waals surface area contributed by atoms with Crippen molar-refractivity contribution in [1.29, 1.82) is 0 Å². The van der Waals surface area contributed by atoms with E-state index in [0.29, 0.717) is 0 Å². The van der Waals surface area contributed by atoms with E-state index in [-0.39, 0.29) is 0 Å². The third-order valence-corrected chi connectivity index (χ3v) is 7.24. The van der Waals surface area contributed by atoms with Gasteiger partial charge in [0.05, 0.1) is 10.2 Å². The molecule has 0 aliphatic rings. The molecule has 2 aromatic heterocycles. The first-order valence-corrected chi connectivity index (χ1v) is 10.4. The summed E-state index contributed by atoms with van der Waals surface area (Å²) in [5.74, 6) is 0. The summed E-state index contributed by atoms with van der Waals surface area (Å²) in [6, 6.07) is 31.0. The first kappa shape index (κ1) is 14.7. The summed E-state index contributed by atoms with van der Waals surface area (Å²) in [6.07, 6.45) is 0. The second kappa shape index (κ2) is 5.12. The zero-order valence-electron chi connectivity index (χ0n) is 15.0. The predicted molar refractivity (Wildman–Crippen MR) is 124 cm³/mol. The van der Waals surface area contributed by atoms with Crippen LogP contribution in [0.15, 0.2) is 84.9 Å². The molecule has 2 heteroatoms. The maximum atomic E-state index is 3.73. The van der Waals surface area contributed by atoms with Gasteiger partial charge in [-0.3, -0.25) is 0 Å². The molecule has 7 aromatic rings. The van der Waals surface area contributed by atoms with Gasteiger partial charge in [0.15, 0.2) is 0 Å². The SMILES string of the molecule is c1ccc2cc3c(cc2c1)[nH]c1c3ccc2c3ccc4ccccc4c3sc21. The van der Waals surface area contributed by atoms with Crippen LogP contribution in [-0.4, -0.2) is 4.98 Å². The van der Waals surface area contributed by atoms with Gasteiger partial charge in [0.25, 0.3) is 0 Å². The minimum Gasteiger partial charge on any atom is -0.353 e. The van der Waals surface area contributed by atoms with Crippen LogP contribution in [0, 0.1) is 0 Å². The maximum Gasteiger partial charge on any atom is 0.0646 e. The Morgan fingerprint density at radius 3 is 2.07 bits per heavy atom. The zero-order valence-corrected chi connectivity index (χ0v) is 15.8. The normalized spacial score (nSPS) is 12.3. The summed E-state index contributed by atoms with van der Waals surface area (Å²) in [6.45, 7) is 0. The quantitative estimate of drug-likeness (QED) is 0.277. The van der Waals surface area contributed by atoms with Crippen LogP contribution in [0.1, 0.15) is 0 Å². The summed E-state index contributed by atoms with van der Waals surface area (Å²) in [5, 5.41) is 10.5. The van der Waals surface area contributed by atoms with E-state index in [9.17, 15) is 0 Å². The van der Waals surface area contributed by atoms with E-state index in [1.54, 1.807) is 0 Å². The molecule has 2 heterocycles. The molecule has 0 radical (unpaired) electrons. The van der Waals surface area contributed by atoms with Crippen LogP contribution in [0.25, 0.3) is 63.5 Å². The van der Waals surface area contributed by atoms with Gasteiger partial charge in [-0.2, -0.15) is 0 Å². The number of hydrogen-bond donors (Lipinski definition) is 1. The molecule has 0 aliphatic carbocycles. The molecule has 0 unspecified atom stereocenters. The number of thiophene rings is 1. The van der Waals surface area contributed by atoms with Crippen molar-refractivity contribution in [3.05, 3.63) is 84.9 Å². The zero-order chi connectivity index (χ0) is 18.2. The van der Waals surface area contributed by atoms with Gasteiger partial charge in [-0.1, -0.05) is 72.8 Å². The number of aromatic amines is 1. The number of aromatic nitrogens is 1. The highest BCUT2D eigenvalue weighted by Gasteiger charge is 2.14. The summed E-state index contributed by atoms with van der Waals surface area (Å²) < 4.78 is 2.73. The topological polar surface area (TPSA) is 15.8 Å². The second-order valence-electron chi connectivity index (χ2n) is 7.50. The molecule has 1 nitrogen and oxygen atoms in total. The highest BCUT2D eigenvalue weighted by atomic mass is 32.1. The van der Waals surface area contributed by atoms with Crippen LogP contribution in [0.2, 0.25) is 0 Å². The van der Waals surface area contributed by atoms with E-state index in [1.165, 1.54) is 63.5 Å². The van der Waals surface area contributed by atoms with Crippen molar-refractivity contribution in [2.24, 2.45) is 0 Å². The van der Waals surface area contributed by atoms with Gasteiger partial charge in [0, 0.05) is 31.8 Å². The molecule has 0 spiro atoms. The Balaban J connectivity index is 1.68. The first-order chi connectivity index (χ1) is 13.9. The van der Waals surface area contributed by atoms with Crippen molar-refractivity contribution in [3.63, 3.8) is 0 Å². The number of benzene rings is 5. The molecule has 1 N–H and O–H groups in total. The van der Waals surface area contributed by atoms with Gasteiger partial charge < -0.3 is 4.98 Å². The molecule has 0 aliphatic heterocycles. The number of nitrogens with one attached hydrogen (secondary N) is 1. The predicted octanol–water partition coefficient (Wildman–Crippen LogP) is 8.00. The van der Waals surface area contributed by atoms with E-state index in [2.05, 4.69) is 89.9 Å². The van der Waals surface area contributed by atoms with Crippen LogP contribution < -0.4 is 0 Å². The van der Waals surface area contributed by atoms with Crippen molar-refractivity contribution in [2.45, 2.75) is 0 Å². The lowest BCUT2D eigenvalue weighted by atomic mass is 10.0. The Bertz CT molecular complexity index is 1720. The fraction of sp³-hybridized carbons (Fsp3) is 0. The van der Waals surface area contributed by atoms with Crippen LogP contribution in [0.4, 0.5) is 0 Å². The second-order valence-corrected chi connectivity index (χ2v) is 8.52. The Morgan fingerprint density at radius 2 is 1.18 bits per heavy atom. The van der Waals surface area contributed by atoms with Gasteiger partial charge >= 0.3 is 0 Å². The molecule has 7 rings (SSSR count). The van der Waals surface area contributed by atoms with Crippen LogP contribution >= 0.6 is 11.3 Å². The van der Waals surface area contributed by atoms with Crippen LogP contribution in [0.3, 0.4) is 0 Å². The van der Waals surface area contributed by atoms with E-state index in [1.807, 2.05) is 11.3 Å². The van der Waals surface area contributed by atoms with E-state index in [4.69, 9.17) is 0 Å². The highest BCUT2D eigenvalue weighted by Crippen LogP contribution is 2.43. The number of hydrogen-bond acceptors (Lipinski definition) is 1. The minimum atomic E-state index is 1.21. The van der Waals surface area contributed by atoms with Crippen LogP contribution in [-0.2, 0) is 0 Å². The van der Waals surface area contributed by atoms with Gasteiger partial charge in [0.1, 0.15) is 0 Å². The summed E-state index contributed by atoms with van der Waals surface area (Å²) in [7, 11) is 0. The molecule has 0 fully saturated rings. The molecule has 130 valence electrons. The molecule has 0 saturated heterocycles. The highest BCUT2D eigenvalue weighted by molar-refractivity contribution is 7.27. The van der Waals surface area contributed by atoms with Crippen molar-refractivity contribution in [3.8, 4) is 0 Å². The Kier molecular flexibility index (Phi) is 2.68. The smallest absolute Gasteiger partial charge is 0.0646 e. The molecule has 0 saturated carbocycles. The molecule has 28 heavy (non-hydrogen) atoms. The fourth-order valence-corrected chi connectivity index (χ4v) is 5.96. The van der Waals surface area contributed by atoms with Gasteiger partial charge in [-0.05, 0) is 33.7 Å². The first-order valence-electron chi connectivity index (χ1n) is 9.54. The monoisotopic (exact) mass is 373 g/mol. The Morgan fingerprint density at radius 1 is 0.500 bits per heavy atom. The maximum absolute atomic E-state index is 3.73. The Hall–Kier alpha value is -3.36. The molecule has 5 aromatic carbocycles. The van der Waals surface area contributed by atoms with Gasteiger partial charge in [-0.25, -0.2) is 0 Å². The Labute approximate surface area is 164 Å². The van der Waals surface area contributed by atoms with Crippen molar-refractivity contribution >= 4 is 74.9 Å². The summed E-state index contributed by atoms with van der Waals surface area (Å²) in [4.78, 5) is 3.73. The van der Waals surface area contributed by atoms with Crippen molar-refractivity contribution in [1.82, 2.24) is 4.98 Å². The fourth-order valence-electron chi connectivity index (χ4n) is 4.62. The van der Waals surface area contributed by atoms with E-state index < -0.39 is 0 Å². The average molecular weight is 373 g/mol. The van der Waals surface area contributed by atoms with E-state index >= 15 is 0 Å². The largest absolute Gasteiger partial charge is 0.353 e. The average Bonchev–Trinajstić information content (AvgIpc) is 3.30. The lowest BCUT2D eigenvalue weighted by Gasteiger charge is -1.99. The van der Waals surface area contributed by atoms with Crippen LogP contribution in [0.5, 0.6) is 0 Å². The minimum absolute atomic E-state index is 1.21. The van der Waals surface area contributed by atoms with E-state index in [0.717, 1.165) is 0 Å². The molecule has 0 amide bonds. The third kappa shape index (κ3) is 1.81. The number of H-pyrrole nitrogens is 1. The van der Waals surface area contributed by atoms with Crippen molar-refractivity contribution in [2.75, 3.05) is 0 Å². The molecule has 0 bridgehead atoms. The molecular formula is C26H15NS. The molecular weight excluding hydrogens is 358 g/mol. The number of rotatable bonds is 0. The standard InChI is InChI=1S/C26H15NS/c1-2-7-17-14-23-22(13-16(17)6-1)19-11-12-21-20-10-9-15-5-3-4-8-18(15)25(20)28-26(21)24(19)27-23/h1-14,27H. The third-order valence-electron chi connectivity index (χ3n) is 5.97. The summed E-state index contributed by atoms with van der Waals surface area (Å²) in [5.41, 5.74) is 2.47. The molecule has 0 atom stereocenters. The van der Waals surface area contributed by atoms with Gasteiger partial charge in [0.2, 0.25) is 0 Å². The number of fused-ring (bicyclic) bond motifs is 10. The summed E-state index contributed by atoms with van der Waals surface area (Å²) >= 11 is 1.91. The van der Waals surface area contributed by atoms with Gasteiger partial charge in [-0.15, -0.1) is 11.3 Å². The lowest BCUT2D eigenvalue weighted by Crippen LogP contribution is -1.73. The lowest BCUT2D eigenvalue weighted by molar-refractivity contribution is 1.58.